The van der Waals surface area contributed by atoms with Gasteiger partial charge in [-0.15, -0.1) is 0 Å². The lowest BCUT2D eigenvalue weighted by molar-refractivity contribution is -0.153. The van der Waals surface area contributed by atoms with Crippen molar-refractivity contribution in [1.82, 2.24) is 0 Å². The molecule has 0 bridgehead atoms. The summed E-state index contributed by atoms with van der Waals surface area (Å²) in [5.74, 6) is -0.199. The molecule has 1 heterocycles. The molecule has 4 heteroatoms. The number of cyclic esters (lactones) is 2. The second-order valence-electron chi connectivity index (χ2n) is 4.23. The van der Waals surface area contributed by atoms with Crippen molar-refractivity contribution >= 4 is 11.9 Å². The SMILES string of the molecule is CCOc1ccc(C2(C)CC(=O)OC2=O)cc1. The van der Waals surface area contributed by atoms with E-state index in [1.165, 1.54) is 0 Å². The van der Waals surface area contributed by atoms with Gasteiger partial charge in [-0.1, -0.05) is 12.1 Å². The van der Waals surface area contributed by atoms with Crippen LogP contribution in [0.1, 0.15) is 25.8 Å². The number of hydrogen-bond donors (Lipinski definition) is 0. The van der Waals surface area contributed by atoms with Gasteiger partial charge in [-0.2, -0.15) is 0 Å². The van der Waals surface area contributed by atoms with Crippen LogP contribution in [-0.4, -0.2) is 18.5 Å². The number of rotatable bonds is 3. The summed E-state index contributed by atoms with van der Waals surface area (Å²) >= 11 is 0. The Hall–Kier alpha value is -1.84. The fourth-order valence-corrected chi connectivity index (χ4v) is 1.92. The normalized spacial score (nSPS) is 23.6. The average molecular weight is 234 g/mol. The molecule has 1 aromatic rings. The fraction of sp³-hybridized carbons (Fsp3) is 0.385. The molecule has 0 amide bonds. The van der Waals surface area contributed by atoms with Crippen LogP contribution in [0, 0.1) is 0 Å². The van der Waals surface area contributed by atoms with Crippen molar-refractivity contribution in [2.45, 2.75) is 25.7 Å². The predicted octanol–water partition coefficient (Wildman–Crippen LogP) is 1.82. The highest BCUT2D eigenvalue weighted by atomic mass is 16.6. The Balaban J connectivity index is 2.28. The summed E-state index contributed by atoms with van der Waals surface area (Å²) in [6.07, 6.45) is 0.0970. The zero-order valence-corrected chi connectivity index (χ0v) is 9.86. The Bertz CT molecular complexity index is 449. The predicted molar refractivity (Wildman–Crippen MR) is 60.7 cm³/mol. The van der Waals surface area contributed by atoms with Crippen LogP contribution >= 0.6 is 0 Å². The molecule has 0 N–H and O–H groups in total. The van der Waals surface area contributed by atoms with E-state index in [9.17, 15) is 9.59 Å². The largest absolute Gasteiger partial charge is 0.494 e. The number of ether oxygens (including phenoxy) is 2. The van der Waals surface area contributed by atoms with Gasteiger partial charge in [0.1, 0.15) is 11.2 Å². The van der Waals surface area contributed by atoms with Gasteiger partial charge in [-0.25, -0.2) is 0 Å². The van der Waals surface area contributed by atoms with E-state index >= 15 is 0 Å². The molecule has 0 radical (unpaired) electrons. The molecule has 1 aromatic carbocycles. The van der Waals surface area contributed by atoms with Crippen LogP contribution in [0.5, 0.6) is 5.75 Å². The van der Waals surface area contributed by atoms with Gasteiger partial charge in [-0.05, 0) is 31.5 Å². The van der Waals surface area contributed by atoms with Crippen molar-refractivity contribution in [1.29, 1.82) is 0 Å². The third kappa shape index (κ3) is 2.02. The van der Waals surface area contributed by atoms with Crippen LogP contribution in [0.15, 0.2) is 24.3 Å². The zero-order chi connectivity index (χ0) is 12.5. The Morgan fingerprint density at radius 1 is 1.29 bits per heavy atom. The van der Waals surface area contributed by atoms with Crippen LogP contribution in [-0.2, 0) is 19.7 Å². The summed E-state index contributed by atoms with van der Waals surface area (Å²) in [4.78, 5) is 22.8. The van der Waals surface area contributed by atoms with E-state index in [4.69, 9.17) is 4.74 Å². The maximum absolute atomic E-state index is 11.6. The highest BCUT2D eigenvalue weighted by Gasteiger charge is 2.46. The van der Waals surface area contributed by atoms with Crippen LogP contribution in [0.2, 0.25) is 0 Å². The smallest absolute Gasteiger partial charge is 0.324 e. The van der Waals surface area contributed by atoms with Gasteiger partial charge >= 0.3 is 11.9 Å². The van der Waals surface area contributed by atoms with Gasteiger partial charge in [0, 0.05) is 0 Å². The summed E-state index contributed by atoms with van der Waals surface area (Å²) in [5.41, 5.74) is -0.0845. The van der Waals surface area contributed by atoms with Crippen molar-refractivity contribution in [3.8, 4) is 5.75 Å². The molecular weight excluding hydrogens is 220 g/mol. The zero-order valence-electron chi connectivity index (χ0n) is 9.86. The molecule has 0 aliphatic carbocycles. The number of hydrogen-bond acceptors (Lipinski definition) is 4. The molecule has 1 saturated heterocycles. The second-order valence-corrected chi connectivity index (χ2v) is 4.23. The minimum absolute atomic E-state index is 0.0970. The Labute approximate surface area is 99.5 Å². The Morgan fingerprint density at radius 2 is 1.94 bits per heavy atom. The van der Waals surface area contributed by atoms with Crippen LogP contribution in [0.3, 0.4) is 0 Å². The van der Waals surface area contributed by atoms with E-state index in [0.717, 1.165) is 11.3 Å². The fourth-order valence-electron chi connectivity index (χ4n) is 1.92. The summed E-state index contributed by atoms with van der Waals surface area (Å²) in [6, 6.07) is 7.18. The monoisotopic (exact) mass is 234 g/mol. The first-order chi connectivity index (χ1) is 8.06. The molecule has 0 aromatic heterocycles. The molecule has 1 aliphatic heterocycles. The van der Waals surface area contributed by atoms with Crippen LogP contribution < -0.4 is 4.74 Å². The van der Waals surface area contributed by atoms with Gasteiger partial charge in [0.25, 0.3) is 0 Å². The summed E-state index contributed by atoms with van der Waals surface area (Å²) in [7, 11) is 0. The first-order valence-corrected chi connectivity index (χ1v) is 5.54. The number of esters is 2. The molecule has 0 spiro atoms. The van der Waals surface area contributed by atoms with E-state index in [1.54, 1.807) is 31.2 Å². The molecule has 1 fully saturated rings. The lowest BCUT2D eigenvalue weighted by atomic mass is 9.81. The molecule has 0 saturated carbocycles. The van der Waals surface area contributed by atoms with E-state index in [1.807, 2.05) is 6.92 Å². The second kappa shape index (κ2) is 4.20. The maximum atomic E-state index is 11.6. The van der Waals surface area contributed by atoms with Gasteiger partial charge in [0.15, 0.2) is 0 Å². The summed E-state index contributed by atoms with van der Waals surface area (Å²) < 4.78 is 9.92. The number of benzene rings is 1. The maximum Gasteiger partial charge on any atom is 0.324 e. The van der Waals surface area contributed by atoms with Crippen molar-refractivity contribution < 1.29 is 19.1 Å². The van der Waals surface area contributed by atoms with Gasteiger partial charge in [0.05, 0.1) is 13.0 Å². The third-order valence-corrected chi connectivity index (χ3v) is 2.96. The van der Waals surface area contributed by atoms with E-state index in [2.05, 4.69) is 4.74 Å². The highest BCUT2D eigenvalue weighted by molar-refractivity contribution is 6.00. The summed E-state index contributed by atoms with van der Waals surface area (Å²) in [6.45, 7) is 4.22. The topological polar surface area (TPSA) is 52.6 Å². The van der Waals surface area contributed by atoms with Crippen molar-refractivity contribution in [3.05, 3.63) is 29.8 Å². The molecular formula is C13H14O4. The molecule has 17 heavy (non-hydrogen) atoms. The first-order valence-electron chi connectivity index (χ1n) is 5.54. The van der Waals surface area contributed by atoms with E-state index < -0.39 is 17.4 Å². The molecule has 1 unspecified atom stereocenters. The van der Waals surface area contributed by atoms with Gasteiger partial charge in [0.2, 0.25) is 0 Å². The molecule has 2 rings (SSSR count). The van der Waals surface area contributed by atoms with Crippen molar-refractivity contribution in [2.24, 2.45) is 0 Å². The summed E-state index contributed by atoms with van der Waals surface area (Å²) in [5, 5.41) is 0. The highest BCUT2D eigenvalue weighted by Crippen LogP contribution is 2.35. The Morgan fingerprint density at radius 3 is 2.41 bits per heavy atom. The Kier molecular flexibility index (Phi) is 2.88. The minimum Gasteiger partial charge on any atom is -0.494 e. The first kappa shape index (κ1) is 11.6. The quantitative estimate of drug-likeness (QED) is 0.591. The standard InChI is InChI=1S/C13H14O4/c1-3-16-10-6-4-9(5-7-10)13(2)8-11(14)17-12(13)15/h4-7H,3,8H2,1-2H3. The number of carbonyl (C=O) groups is 2. The van der Waals surface area contributed by atoms with Gasteiger partial charge in [-0.3, -0.25) is 9.59 Å². The number of carbonyl (C=O) groups excluding carboxylic acids is 2. The molecule has 1 aliphatic rings. The lowest BCUT2D eigenvalue weighted by Crippen LogP contribution is -2.27. The molecule has 90 valence electrons. The van der Waals surface area contributed by atoms with E-state index in [0.29, 0.717) is 6.61 Å². The minimum atomic E-state index is -0.859. The van der Waals surface area contributed by atoms with Crippen LogP contribution in [0.4, 0.5) is 0 Å². The lowest BCUT2D eigenvalue weighted by Gasteiger charge is -2.18. The van der Waals surface area contributed by atoms with Crippen LogP contribution in [0.25, 0.3) is 0 Å². The van der Waals surface area contributed by atoms with E-state index in [-0.39, 0.29) is 6.42 Å². The third-order valence-electron chi connectivity index (χ3n) is 2.96. The van der Waals surface area contributed by atoms with Gasteiger partial charge < -0.3 is 9.47 Å². The molecule has 1 atom stereocenters. The molecule has 4 nitrogen and oxygen atoms in total. The van der Waals surface area contributed by atoms with Crippen molar-refractivity contribution in [3.63, 3.8) is 0 Å². The van der Waals surface area contributed by atoms with Crippen molar-refractivity contribution in [2.75, 3.05) is 6.61 Å². The average Bonchev–Trinajstić information content (AvgIpc) is 2.55.